The molecule has 8 nitrogen and oxygen atoms in total. The van der Waals surface area contributed by atoms with Gasteiger partial charge in [0.15, 0.2) is 5.96 Å². The van der Waals surface area contributed by atoms with Gasteiger partial charge >= 0.3 is 0 Å². The molecule has 0 amide bonds. The molecule has 0 saturated carbocycles. The summed E-state index contributed by atoms with van der Waals surface area (Å²) in [7, 11) is -1.79. The van der Waals surface area contributed by atoms with Crippen LogP contribution in [0.2, 0.25) is 0 Å². The maximum atomic E-state index is 12.4. The van der Waals surface area contributed by atoms with Crippen molar-refractivity contribution in [1.82, 2.24) is 15.4 Å². The first-order valence-corrected chi connectivity index (χ1v) is 11.8. The molecule has 0 bridgehead atoms. The standard InChI is InChI=1S/C20H34N4O4S.HI/c1-3-27-13-5-4-12-22-20(21-2)23-15-17-8-10-19(11-9-17)29(25,26)24-16-18-7-6-14-28-18;/h8-11,18,24H,3-7,12-16H2,1-2H3,(H2,21,22,23);1H. The largest absolute Gasteiger partial charge is 0.382 e. The molecule has 1 fully saturated rings. The molecule has 10 heteroatoms. The molecule has 1 aromatic carbocycles. The number of hydrogen-bond acceptors (Lipinski definition) is 5. The zero-order chi connectivity index (χ0) is 21.0. The summed E-state index contributed by atoms with van der Waals surface area (Å²) in [5, 5.41) is 6.50. The highest BCUT2D eigenvalue weighted by atomic mass is 127. The van der Waals surface area contributed by atoms with Gasteiger partial charge in [0.1, 0.15) is 0 Å². The molecule has 3 N–H and O–H groups in total. The summed E-state index contributed by atoms with van der Waals surface area (Å²) in [5.41, 5.74) is 0.974. The van der Waals surface area contributed by atoms with Crippen molar-refractivity contribution in [1.29, 1.82) is 0 Å². The predicted octanol–water partition coefficient (Wildman–Crippen LogP) is 2.24. The number of nitrogens with zero attached hydrogens (tertiary/aromatic N) is 1. The van der Waals surface area contributed by atoms with Crippen molar-refractivity contribution in [2.75, 3.05) is 40.0 Å². The molecular formula is C20H35IN4O4S. The smallest absolute Gasteiger partial charge is 0.240 e. The lowest BCUT2D eigenvalue weighted by atomic mass is 10.2. The Hall–Kier alpha value is -0.950. The van der Waals surface area contributed by atoms with Crippen molar-refractivity contribution >= 4 is 40.0 Å². The van der Waals surface area contributed by atoms with Gasteiger partial charge in [-0.3, -0.25) is 4.99 Å². The third-order valence-electron chi connectivity index (χ3n) is 4.65. The molecule has 0 spiro atoms. The number of unbranched alkanes of at least 4 members (excludes halogenated alkanes) is 1. The fourth-order valence-electron chi connectivity index (χ4n) is 2.96. The Balaban J connectivity index is 0.00000450. The zero-order valence-corrected chi connectivity index (χ0v) is 21.0. The number of hydrogen-bond donors (Lipinski definition) is 3. The summed E-state index contributed by atoms with van der Waals surface area (Å²) in [4.78, 5) is 4.46. The quantitative estimate of drug-likeness (QED) is 0.159. The second-order valence-electron chi connectivity index (χ2n) is 6.89. The number of guanidine groups is 1. The zero-order valence-electron chi connectivity index (χ0n) is 17.9. The maximum Gasteiger partial charge on any atom is 0.240 e. The first kappa shape index (κ1) is 27.1. The van der Waals surface area contributed by atoms with Gasteiger partial charge in [0.25, 0.3) is 0 Å². The Bertz CT molecular complexity index is 723. The Kier molecular flexibility index (Phi) is 13.5. The normalized spacial score (nSPS) is 16.9. The van der Waals surface area contributed by atoms with Crippen LogP contribution >= 0.6 is 24.0 Å². The molecule has 0 radical (unpaired) electrons. The van der Waals surface area contributed by atoms with Gasteiger partial charge in [-0.15, -0.1) is 24.0 Å². The van der Waals surface area contributed by atoms with Gasteiger partial charge in [-0.05, 0) is 50.3 Å². The van der Waals surface area contributed by atoms with Crippen molar-refractivity contribution in [3.8, 4) is 0 Å². The summed E-state index contributed by atoms with van der Waals surface area (Å²) in [6.07, 6.45) is 3.88. The second kappa shape index (κ2) is 15.0. The van der Waals surface area contributed by atoms with Crippen LogP contribution in [-0.2, 0) is 26.0 Å². The number of rotatable bonds is 12. The summed E-state index contributed by atoms with van der Waals surface area (Å²) >= 11 is 0. The van der Waals surface area contributed by atoms with E-state index in [1.807, 2.05) is 19.1 Å². The number of benzene rings is 1. The Morgan fingerprint density at radius 2 is 2.00 bits per heavy atom. The Morgan fingerprint density at radius 1 is 1.23 bits per heavy atom. The van der Waals surface area contributed by atoms with Crippen molar-refractivity contribution in [2.24, 2.45) is 4.99 Å². The minimum absolute atomic E-state index is 0. The number of aliphatic imine (C=N–C) groups is 1. The van der Waals surface area contributed by atoms with E-state index >= 15 is 0 Å². The van der Waals surface area contributed by atoms with Crippen molar-refractivity contribution < 1.29 is 17.9 Å². The van der Waals surface area contributed by atoms with Crippen LogP contribution in [0.25, 0.3) is 0 Å². The van der Waals surface area contributed by atoms with Crippen LogP contribution in [-0.4, -0.2) is 60.4 Å². The van der Waals surface area contributed by atoms with Crippen molar-refractivity contribution in [3.05, 3.63) is 29.8 Å². The highest BCUT2D eigenvalue weighted by Crippen LogP contribution is 2.14. The monoisotopic (exact) mass is 554 g/mol. The second-order valence-corrected chi connectivity index (χ2v) is 8.65. The van der Waals surface area contributed by atoms with Crippen LogP contribution < -0.4 is 15.4 Å². The molecule has 1 atom stereocenters. The summed E-state index contributed by atoms with van der Waals surface area (Å²) in [6, 6.07) is 6.86. The van der Waals surface area contributed by atoms with Crippen LogP contribution in [0.3, 0.4) is 0 Å². The summed E-state index contributed by atoms with van der Waals surface area (Å²) in [6.45, 7) is 5.93. The van der Waals surface area contributed by atoms with Crippen molar-refractivity contribution in [2.45, 2.75) is 50.2 Å². The van der Waals surface area contributed by atoms with Gasteiger partial charge in [0, 0.05) is 46.5 Å². The molecular weight excluding hydrogens is 519 g/mol. The Labute approximate surface area is 197 Å². The number of ether oxygens (including phenoxy) is 2. The topological polar surface area (TPSA) is 101 Å². The number of sulfonamides is 1. The predicted molar refractivity (Wildman–Crippen MR) is 130 cm³/mol. The number of nitrogens with one attached hydrogen (secondary N) is 3. The highest BCUT2D eigenvalue weighted by Gasteiger charge is 2.20. The lowest BCUT2D eigenvalue weighted by molar-refractivity contribution is 0.114. The first-order chi connectivity index (χ1) is 14.0. The Morgan fingerprint density at radius 3 is 2.63 bits per heavy atom. The van der Waals surface area contributed by atoms with Gasteiger partial charge in [-0.1, -0.05) is 12.1 Å². The van der Waals surface area contributed by atoms with Crippen LogP contribution in [0.5, 0.6) is 0 Å². The molecule has 0 aromatic heterocycles. The van der Waals surface area contributed by atoms with E-state index in [9.17, 15) is 8.42 Å². The lowest BCUT2D eigenvalue weighted by Crippen LogP contribution is -2.37. The minimum Gasteiger partial charge on any atom is -0.382 e. The molecule has 0 aliphatic carbocycles. The van der Waals surface area contributed by atoms with Gasteiger partial charge in [0.2, 0.25) is 10.0 Å². The van der Waals surface area contributed by atoms with E-state index in [0.29, 0.717) is 19.7 Å². The SMILES string of the molecule is CCOCCCCNC(=NC)NCc1ccc(S(=O)(=O)NCC2CCCO2)cc1.I. The van der Waals surface area contributed by atoms with E-state index < -0.39 is 10.0 Å². The summed E-state index contributed by atoms with van der Waals surface area (Å²) < 4.78 is 38.2. The van der Waals surface area contributed by atoms with Crippen LogP contribution in [0.4, 0.5) is 0 Å². The minimum atomic E-state index is -3.52. The van der Waals surface area contributed by atoms with E-state index in [1.165, 1.54) is 0 Å². The van der Waals surface area contributed by atoms with Crippen LogP contribution in [0.15, 0.2) is 34.2 Å². The number of halogens is 1. The fourth-order valence-corrected chi connectivity index (χ4v) is 4.03. The molecule has 30 heavy (non-hydrogen) atoms. The average Bonchev–Trinajstić information content (AvgIpc) is 3.25. The van der Waals surface area contributed by atoms with Crippen molar-refractivity contribution in [3.63, 3.8) is 0 Å². The molecule has 1 aromatic rings. The van der Waals surface area contributed by atoms with Gasteiger partial charge < -0.3 is 20.1 Å². The van der Waals surface area contributed by atoms with E-state index in [-0.39, 0.29) is 35.0 Å². The first-order valence-electron chi connectivity index (χ1n) is 10.3. The van der Waals surface area contributed by atoms with Crippen LogP contribution in [0, 0.1) is 0 Å². The lowest BCUT2D eigenvalue weighted by Gasteiger charge is -2.13. The van der Waals surface area contributed by atoms with E-state index in [4.69, 9.17) is 9.47 Å². The van der Waals surface area contributed by atoms with Crippen LogP contribution in [0.1, 0.15) is 38.2 Å². The fraction of sp³-hybridized carbons (Fsp3) is 0.650. The molecule has 1 aliphatic heterocycles. The van der Waals surface area contributed by atoms with E-state index in [2.05, 4.69) is 20.3 Å². The van der Waals surface area contributed by atoms with Gasteiger partial charge in [0.05, 0.1) is 11.0 Å². The third-order valence-corrected chi connectivity index (χ3v) is 6.09. The molecule has 1 aliphatic rings. The molecule has 172 valence electrons. The van der Waals surface area contributed by atoms with Gasteiger partial charge in [-0.2, -0.15) is 0 Å². The molecule has 1 heterocycles. The van der Waals surface area contributed by atoms with E-state index in [1.54, 1.807) is 19.2 Å². The summed E-state index contributed by atoms with van der Waals surface area (Å²) in [5.74, 6) is 0.719. The third kappa shape index (κ3) is 9.90. The average molecular weight is 554 g/mol. The van der Waals surface area contributed by atoms with E-state index in [0.717, 1.165) is 57.0 Å². The van der Waals surface area contributed by atoms with Gasteiger partial charge in [-0.25, -0.2) is 13.1 Å². The molecule has 2 rings (SSSR count). The maximum absolute atomic E-state index is 12.4. The molecule has 1 saturated heterocycles. The highest BCUT2D eigenvalue weighted by molar-refractivity contribution is 14.0. The molecule has 1 unspecified atom stereocenters.